The van der Waals surface area contributed by atoms with E-state index in [0.29, 0.717) is 26.9 Å². The van der Waals surface area contributed by atoms with Crippen LogP contribution in [0.15, 0.2) is 84.4 Å². The zero-order chi connectivity index (χ0) is 20.5. The summed E-state index contributed by atoms with van der Waals surface area (Å²) in [5.74, 6) is -1.69. The van der Waals surface area contributed by atoms with Crippen LogP contribution >= 0.6 is 23.2 Å². The largest absolute Gasteiger partial charge is 0.507 e. The zero-order valence-electron chi connectivity index (χ0n) is 15.0. The number of Topliss-reactive ketones (excluding diaryl/α,β-unsaturated/α-hetero) is 1. The summed E-state index contributed by atoms with van der Waals surface area (Å²) in [5.41, 5.74) is 1.64. The van der Waals surface area contributed by atoms with Crippen molar-refractivity contribution in [3.63, 3.8) is 0 Å². The highest BCUT2D eigenvalue weighted by molar-refractivity contribution is 6.51. The van der Waals surface area contributed by atoms with Crippen molar-refractivity contribution < 1.29 is 14.7 Å². The number of hydrogen-bond acceptors (Lipinski definition) is 3. The Morgan fingerprint density at radius 3 is 1.93 bits per heavy atom. The molecule has 0 unspecified atom stereocenters. The summed E-state index contributed by atoms with van der Waals surface area (Å²) in [6.45, 7) is 0. The number of ketones is 1. The topological polar surface area (TPSA) is 57.6 Å². The van der Waals surface area contributed by atoms with Gasteiger partial charge in [0.05, 0.1) is 11.6 Å². The van der Waals surface area contributed by atoms with Gasteiger partial charge in [0, 0.05) is 21.3 Å². The summed E-state index contributed by atoms with van der Waals surface area (Å²) >= 11 is 12.0. The maximum atomic E-state index is 13.0. The Morgan fingerprint density at radius 1 is 0.793 bits per heavy atom. The second-order valence-corrected chi connectivity index (χ2v) is 7.44. The summed E-state index contributed by atoms with van der Waals surface area (Å²) in [6.07, 6.45) is 0. The van der Waals surface area contributed by atoms with E-state index in [-0.39, 0.29) is 11.3 Å². The first kappa shape index (κ1) is 19.2. The van der Waals surface area contributed by atoms with Crippen LogP contribution in [0.25, 0.3) is 5.76 Å². The van der Waals surface area contributed by atoms with Gasteiger partial charge >= 0.3 is 0 Å². The van der Waals surface area contributed by atoms with Crippen molar-refractivity contribution in [2.75, 3.05) is 4.90 Å². The lowest BCUT2D eigenvalue weighted by Gasteiger charge is -2.25. The molecular weight excluding hydrogens is 409 g/mol. The fraction of sp³-hybridized carbons (Fsp3) is 0.0435. The molecule has 1 aliphatic rings. The number of anilines is 1. The molecule has 29 heavy (non-hydrogen) atoms. The van der Waals surface area contributed by atoms with Crippen molar-refractivity contribution in [3.05, 3.63) is 106 Å². The van der Waals surface area contributed by atoms with E-state index in [1.807, 2.05) is 0 Å². The van der Waals surface area contributed by atoms with Crippen LogP contribution in [0.2, 0.25) is 10.0 Å². The number of carbonyl (C=O) groups excluding carboxylic acids is 2. The summed E-state index contributed by atoms with van der Waals surface area (Å²) in [5, 5.41) is 12.0. The number of benzene rings is 3. The van der Waals surface area contributed by atoms with E-state index in [1.165, 1.54) is 4.90 Å². The van der Waals surface area contributed by atoms with Gasteiger partial charge in [0.1, 0.15) is 5.76 Å². The van der Waals surface area contributed by atoms with Gasteiger partial charge in [-0.15, -0.1) is 0 Å². The number of aliphatic hydroxyl groups excluding tert-OH is 1. The van der Waals surface area contributed by atoms with Gasteiger partial charge in [-0.2, -0.15) is 0 Å². The Kier molecular flexibility index (Phi) is 5.14. The third kappa shape index (κ3) is 3.53. The number of rotatable bonds is 3. The number of carbonyl (C=O) groups is 2. The Morgan fingerprint density at radius 2 is 1.34 bits per heavy atom. The van der Waals surface area contributed by atoms with Crippen molar-refractivity contribution in [1.82, 2.24) is 0 Å². The minimum absolute atomic E-state index is 0.0264. The normalized spacial score (nSPS) is 18.3. The molecule has 1 atom stereocenters. The van der Waals surface area contributed by atoms with Gasteiger partial charge in [0.25, 0.3) is 11.7 Å². The molecule has 144 valence electrons. The fourth-order valence-electron chi connectivity index (χ4n) is 3.41. The van der Waals surface area contributed by atoms with Crippen molar-refractivity contribution in [3.8, 4) is 0 Å². The van der Waals surface area contributed by atoms with Crippen LogP contribution in [0, 0.1) is 0 Å². The summed E-state index contributed by atoms with van der Waals surface area (Å²) in [4.78, 5) is 27.3. The van der Waals surface area contributed by atoms with Crippen molar-refractivity contribution in [2.24, 2.45) is 0 Å². The lowest BCUT2D eigenvalue weighted by Crippen LogP contribution is -2.29. The Bertz CT molecular complexity index is 1110. The lowest BCUT2D eigenvalue weighted by atomic mass is 9.95. The van der Waals surface area contributed by atoms with Crippen molar-refractivity contribution in [1.29, 1.82) is 0 Å². The summed E-state index contributed by atoms with van der Waals surface area (Å²) < 4.78 is 0. The molecule has 0 saturated carbocycles. The number of halogens is 2. The quantitative estimate of drug-likeness (QED) is 0.337. The molecule has 1 N–H and O–H groups in total. The molecule has 4 rings (SSSR count). The molecule has 1 heterocycles. The second-order valence-electron chi connectivity index (χ2n) is 6.56. The molecule has 0 radical (unpaired) electrons. The summed E-state index contributed by atoms with van der Waals surface area (Å²) in [7, 11) is 0. The Balaban J connectivity index is 1.94. The van der Waals surface area contributed by atoms with Gasteiger partial charge in [0.2, 0.25) is 0 Å². The first-order valence-corrected chi connectivity index (χ1v) is 9.60. The highest BCUT2D eigenvalue weighted by atomic mass is 35.5. The molecule has 6 heteroatoms. The maximum absolute atomic E-state index is 13.0. The standard InChI is InChI=1S/C23H15Cl2NO3/c24-16-8-6-14(7-9-16)20-19(21(27)15-4-2-1-3-5-15)22(28)23(29)26(20)18-12-10-17(25)11-13-18/h1-13,20,27H/b21-19+/t20-/m1/s1. The van der Waals surface area contributed by atoms with E-state index < -0.39 is 17.7 Å². The zero-order valence-corrected chi connectivity index (χ0v) is 16.6. The molecule has 0 spiro atoms. The third-order valence-corrected chi connectivity index (χ3v) is 5.29. The minimum Gasteiger partial charge on any atom is -0.507 e. The van der Waals surface area contributed by atoms with Crippen LogP contribution in [0.5, 0.6) is 0 Å². The van der Waals surface area contributed by atoms with E-state index in [9.17, 15) is 14.7 Å². The lowest BCUT2D eigenvalue weighted by molar-refractivity contribution is -0.132. The predicted molar refractivity (Wildman–Crippen MR) is 114 cm³/mol. The van der Waals surface area contributed by atoms with Gasteiger partial charge in [-0.1, -0.05) is 65.7 Å². The van der Waals surface area contributed by atoms with Crippen molar-refractivity contribution in [2.45, 2.75) is 6.04 Å². The minimum atomic E-state index is -0.798. The molecule has 3 aromatic carbocycles. The molecule has 1 saturated heterocycles. The fourth-order valence-corrected chi connectivity index (χ4v) is 3.66. The first-order valence-electron chi connectivity index (χ1n) is 8.85. The van der Waals surface area contributed by atoms with Crippen LogP contribution in [0.4, 0.5) is 5.69 Å². The molecule has 0 aliphatic carbocycles. The number of nitrogens with zero attached hydrogens (tertiary/aromatic N) is 1. The van der Waals surface area contributed by atoms with Crippen molar-refractivity contribution >= 4 is 46.3 Å². The molecule has 0 aromatic heterocycles. The third-order valence-electron chi connectivity index (χ3n) is 4.78. The van der Waals surface area contributed by atoms with E-state index in [2.05, 4.69) is 0 Å². The Labute approximate surface area is 177 Å². The van der Waals surface area contributed by atoms with E-state index >= 15 is 0 Å². The molecular formula is C23H15Cl2NO3. The predicted octanol–water partition coefficient (Wildman–Crippen LogP) is 5.62. The molecule has 1 aliphatic heterocycles. The molecule has 3 aromatic rings. The highest BCUT2D eigenvalue weighted by Crippen LogP contribution is 2.42. The molecule has 1 fully saturated rings. The summed E-state index contributed by atoms with van der Waals surface area (Å²) in [6, 6.07) is 21.3. The molecule has 1 amide bonds. The van der Waals surface area contributed by atoms with Crippen LogP contribution in [-0.4, -0.2) is 16.8 Å². The molecule has 4 nitrogen and oxygen atoms in total. The molecule has 0 bridgehead atoms. The number of hydrogen-bond donors (Lipinski definition) is 1. The van der Waals surface area contributed by atoms with Crippen LogP contribution in [0.1, 0.15) is 17.2 Å². The second kappa shape index (κ2) is 7.74. The van der Waals surface area contributed by atoms with Crippen LogP contribution in [-0.2, 0) is 9.59 Å². The van der Waals surface area contributed by atoms with E-state index in [4.69, 9.17) is 23.2 Å². The van der Waals surface area contributed by atoms with E-state index in [1.54, 1.807) is 78.9 Å². The highest BCUT2D eigenvalue weighted by Gasteiger charge is 2.46. The van der Waals surface area contributed by atoms with Crippen LogP contribution < -0.4 is 4.90 Å². The number of amides is 1. The first-order chi connectivity index (χ1) is 14.0. The Hall–Kier alpha value is -3.08. The smallest absolute Gasteiger partial charge is 0.300 e. The van der Waals surface area contributed by atoms with Gasteiger partial charge < -0.3 is 5.11 Å². The number of aliphatic hydroxyl groups is 1. The SMILES string of the molecule is O=C1C(=O)N(c2ccc(Cl)cc2)[C@H](c2ccc(Cl)cc2)/C1=C(\O)c1ccccc1. The average Bonchev–Trinajstić information content (AvgIpc) is 3.00. The average molecular weight is 424 g/mol. The van der Waals surface area contributed by atoms with Gasteiger partial charge in [0.15, 0.2) is 0 Å². The van der Waals surface area contributed by atoms with Crippen LogP contribution in [0.3, 0.4) is 0 Å². The van der Waals surface area contributed by atoms with Gasteiger partial charge in [-0.3, -0.25) is 14.5 Å². The van der Waals surface area contributed by atoms with Gasteiger partial charge in [-0.05, 0) is 42.0 Å². The monoisotopic (exact) mass is 423 g/mol. The van der Waals surface area contributed by atoms with E-state index in [0.717, 1.165) is 0 Å². The van der Waals surface area contributed by atoms with Gasteiger partial charge in [-0.25, -0.2) is 0 Å². The maximum Gasteiger partial charge on any atom is 0.300 e.